The SMILES string of the molecule is CCOC(=O)c1sc2ncnc(NCC(C)(O)c3ccsc3)c2c1C. The zero-order valence-corrected chi connectivity index (χ0v) is 15.8. The molecule has 0 radical (unpaired) electrons. The molecule has 0 spiro atoms. The summed E-state index contributed by atoms with van der Waals surface area (Å²) in [6.45, 7) is 6.01. The van der Waals surface area contributed by atoms with Crippen LogP contribution in [0.25, 0.3) is 10.2 Å². The highest BCUT2D eigenvalue weighted by Crippen LogP contribution is 2.34. The fraction of sp³-hybridized carbons (Fsp3) is 0.353. The molecule has 0 amide bonds. The summed E-state index contributed by atoms with van der Waals surface area (Å²) in [4.78, 5) is 21.9. The second-order valence-electron chi connectivity index (χ2n) is 5.82. The van der Waals surface area contributed by atoms with E-state index in [0.29, 0.717) is 28.7 Å². The summed E-state index contributed by atoms with van der Waals surface area (Å²) < 4.78 is 5.11. The molecular weight excluding hydrogens is 358 g/mol. The van der Waals surface area contributed by atoms with Crippen LogP contribution in [0.1, 0.15) is 34.6 Å². The Morgan fingerprint density at radius 1 is 1.44 bits per heavy atom. The molecule has 0 aliphatic rings. The number of nitrogens with zero attached hydrogens (tertiary/aromatic N) is 2. The predicted molar refractivity (Wildman–Crippen MR) is 100 cm³/mol. The molecule has 0 fully saturated rings. The fourth-order valence-corrected chi connectivity index (χ4v) is 4.35. The first-order chi connectivity index (χ1) is 11.9. The first kappa shape index (κ1) is 17.8. The molecule has 0 aliphatic carbocycles. The molecule has 3 rings (SSSR count). The number of aromatic nitrogens is 2. The Bertz CT molecular complexity index is 888. The number of fused-ring (bicyclic) bond motifs is 1. The van der Waals surface area contributed by atoms with Gasteiger partial charge in [0, 0.05) is 6.54 Å². The van der Waals surface area contributed by atoms with Crippen LogP contribution >= 0.6 is 22.7 Å². The van der Waals surface area contributed by atoms with Gasteiger partial charge in [0.05, 0.1) is 12.0 Å². The molecule has 1 unspecified atom stereocenters. The van der Waals surface area contributed by atoms with Crippen molar-refractivity contribution < 1.29 is 14.6 Å². The normalized spacial score (nSPS) is 13.6. The number of thiophene rings is 2. The number of nitrogens with one attached hydrogen (secondary N) is 1. The predicted octanol–water partition coefficient (Wildman–Crippen LogP) is 3.56. The van der Waals surface area contributed by atoms with Gasteiger partial charge in [-0.2, -0.15) is 11.3 Å². The van der Waals surface area contributed by atoms with E-state index in [0.717, 1.165) is 16.5 Å². The summed E-state index contributed by atoms with van der Waals surface area (Å²) in [6.07, 6.45) is 1.45. The van der Waals surface area contributed by atoms with E-state index in [-0.39, 0.29) is 5.97 Å². The summed E-state index contributed by atoms with van der Waals surface area (Å²) in [7, 11) is 0. The third kappa shape index (κ3) is 3.51. The zero-order valence-electron chi connectivity index (χ0n) is 14.2. The van der Waals surface area contributed by atoms with Crippen molar-refractivity contribution in [2.45, 2.75) is 26.4 Å². The van der Waals surface area contributed by atoms with E-state index in [1.54, 1.807) is 25.2 Å². The first-order valence-corrected chi connectivity index (χ1v) is 9.60. The summed E-state index contributed by atoms with van der Waals surface area (Å²) in [5, 5.41) is 18.5. The monoisotopic (exact) mass is 377 g/mol. The summed E-state index contributed by atoms with van der Waals surface area (Å²) in [5.41, 5.74) is 0.617. The molecule has 3 aromatic rings. The van der Waals surface area contributed by atoms with Gasteiger partial charge in [0.2, 0.25) is 0 Å². The Balaban J connectivity index is 1.90. The van der Waals surface area contributed by atoms with Crippen molar-refractivity contribution >= 4 is 44.7 Å². The lowest BCUT2D eigenvalue weighted by atomic mass is 9.99. The zero-order chi connectivity index (χ0) is 18.0. The fourth-order valence-electron chi connectivity index (χ4n) is 2.53. The van der Waals surface area contributed by atoms with Crippen molar-refractivity contribution in [3.63, 3.8) is 0 Å². The Morgan fingerprint density at radius 2 is 2.24 bits per heavy atom. The second kappa shape index (κ2) is 7.07. The molecule has 25 heavy (non-hydrogen) atoms. The Kier molecular flexibility index (Phi) is 5.03. The Hall–Kier alpha value is -2.03. The summed E-state index contributed by atoms with van der Waals surface area (Å²) >= 11 is 2.83. The number of hydrogen-bond donors (Lipinski definition) is 2. The van der Waals surface area contributed by atoms with Gasteiger partial charge in [-0.05, 0) is 48.7 Å². The standard InChI is InChI=1S/C17H19N3O3S2/c1-4-23-16(21)13-10(2)12-14(19-9-20-15(12)25-13)18-8-17(3,22)11-5-6-24-7-11/h5-7,9,22H,4,8H2,1-3H3,(H,18,19,20). The Labute approximate surface area is 153 Å². The van der Waals surface area contributed by atoms with Gasteiger partial charge in [-0.1, -0.05) is 0 Å². The van der Waals surface area contributed by atoms with E-state index in [4.69, 9.17) is 4.74 Å². The molecule has 8 heteroatoms. The van der Waals surface area contributed by atoms with E-state index >= 15 is 0 Å². The molecule has 3 aromatic heterocycles. The van der Waals surface area contributed by atoms with Crippen LogP contribution in [0.2, 0.25) is 0 Å². The van der Waals surface area contributed by atoms with Crippen LogP contribution < -0.4 is 5.32 Å². The van der Waals surface area contributed by atoms with Gasteiger partial charge >= 0.3 is 5.97 Å². The molecule has 0 aromatic carbocycles. The second-order valence-corrected chi connectivity index (χ2v) is 7.60. The summed E-state index contributed by atoms with van der Waals surface area (Å²) in [6, 6.07) is 1.90. The molecule has 0 saturated heterocycles. The minimum Gasteiger partial charge on any atom is -0.462 e. The highest BCUT2D eigenvalue weighted by atomic mass is 32.1. The van der Waals surface area contributed by atoms with E-state index in [1.165, 1.54) is 17.7 Å². The number of carbonyl (C=O) groups excluding carboxylic acids is 1. The van der Waals surface area contributed by atoms with Crippen molar-refractivity contribution in [2.24, 2.45) is 0 Å². The number of anilines is 1. The van der Waals surface area contributed by atoms with Crippen molar-refractivity contribution in [3.8, 4) is 0 Å². The quantitative estimate of drug-likeness (QED) is 0.639. The summed E-state index contributed by atoms with van der Waals surface area (Å²) in [5.74, 6) is 0.254. The van der Waals surface area contributed by atoms with Crippen LogP contribution in [-0.2, 0) is 10.3 Å². The van der Waals surface area contributed by atoms with E-state index in [2.05, 4.69) is 15.3 Å². The van der Waals surface area contributed by atoms with E-state index in [1.807, 2.05) is 23.8 Å². The van der Waals surface area contributed by atoms with Crippen LogP contribution in [-0.4, -0.2) is 34.2 Å². The lowest BCUT2D eigenvalue weighted by Crippen LogP contribution is -2.30. The first-order valence-electron chi connectivity index (χ1n) is 7.84. The van der Waals surface area contributed by atoms with Crippen molar-refractivity contribution in [1.82, 2.24) is 9.97 Å². The molecule has 0 bridgehead atoms. The average molecular weight is 377 g/mol. The number of aliphatic hydroxyl groups is 1. The maximum Gasteiger partial charge on any atom is 0.348 e. The molecule has 132 valence electrons. The maximum absolute atomic E-state index is 12.1. The van der Waals surface area contributed by atoms with Crippen LogP contribution in [0.15, 0.2) is 23.2 Å². The molecular formula is C17H19N3O3S2. The number of aryl methyl sites for hydroxylation is 1. The smallest absolute Gasteiger partial charge is 0.348 e. The third-order valence-electron chi connectivity index (χ3n) is 3.93. The lowest BCUT2D eigenvalue weighted by molar-refractivity contribution is 0.0531. The van der Waals surface area contributed by atoms with Gasteiger partial charge < -0.3 is 15.2 Å². The van der Waals surface area contributed by atoms with Crippen LogP contribution in [0.5, 0.6) is 0 Å². The van der Waals surface area contributed by atoms with Gasteiger partial charge in [-0.25, -0.2) is 14.8 Å². The van der Waals surface area contributed by atoms with Crippen LogP contribution in [0.4, 0.5) is 5.82 Å². The lowest BCUT2D eigenvalue weighted by Gasteiger charge is -2.23. The number of hydrogen-bond acceptors (Lipinski definition) is 8. The molecule has 3 heterocycles. The van der Waals surface area contributed by atoms with Gasteiger partial charge in [-0.15, -0.1) is 11.3 Å². The highest BCUT2D eigenvalue weighted by molar-refractivity contribution is 7.20. The molecule has 1 atom stereocenters. The number of ether oxygens (including phenoxy) is 1. The van der Waals surface area contributed by atoms with Gasteiger partial charge in [0.25, 0.3) is 0 Å². The number of carbonyl (C=O) groups is 1. The van der Waals surface area contributed by atoms with E-state index < -0.39 is 5.60 Å². The van der Waals surface area contributed by atoms with Gasteiger partial charge in [0.15, 0.2) is 0 Å². The highest BCUT2D eigenvalue weighted by Gasteiger charge is 2.25. The maximum atomic E-state index is 12.1. The van der Waals surface area contributed by atoms with Gasteiger partial charge in [-0.3, -0.25) is 0 Å². The number of esters is 1. The largest absolute Gasteiger partial charge is 0.462 e. The number of rotatable bonds is 6. The molecule has 0 aliphatic heterocycles. The van der Waals surface area contributed by atoms with Crippen molar-refractivity contribution in [3.05, 3.63) is 39.2 Å². The topological polar surface area (TPSA) is 84.3 Å². The minimum absolute atomic E-state index is 0.292. The molecule has 2 N–H and O–H groups in total. The Morgan fingerprint density at radius 3 is 2.92 bits per heavy atom. The van der Waals surface area contributed by atoms with Crippen molar-refractivity contribution in [2.75, 3.05) is 18.5 Å². The van der Waals surface area contributed by atoms with Crippen molar-refractivity contribution in [1.29, 1.82) is 0 Å². The minimum atomic E-state index is -1.02. The molecule has 6 nitrogen and oxygen atoms in total. The van der Waals surface area contributed by atoms with E-state index in [9.17, 15) is 9.90 Å². The van der Waals surface area contributed by atoms with Crippen LogP contribution in [0.3, 0.4) is 0 Å². The molecule has 0 saturated carbocycles. The average Bonchev–Trinajstić information content (AvgIpc) is 3.22. The van der Waals surface area contributed by atoms with Crippen LogP contribution in [0, 0.1) is 6.92 Å². The van der Waals surface area contributed by atoms with Gasteiger partial charge in [0.1, 0.15) is 27.5 Å². The third-order valence-corrected chi connectivity index (χ3v) is 5.79.